The van der Waals surface area contributed by atoms with Gasteiger partial charge in [0, 0.05) is 12.1 Å². The number of ether oxygens (including phenoxy) is 1. The molecule has 3 aromatic carbocycles. The van der Waals surface area contributed by atoms with Gasteiger partial charge in [0.2, 0.25) is 0 Å². The summed E-state index contributed by atoms with van der Waals surface area (Å²) < 4.78 is 5.92. The Kier molecular flexibility index (Phi) is 7.21. The molecular weight excluding hydrogens is 426 g/mol. The Bertz CT molecular complexity index is 1170. The van der Waals surface area contributed by atoms with Gasteiger partial charge in [-0.15, -0.1) is 0 Å². The van der Waals surface area contributed by atoms with Crippen molar-refractivity contribution in [1.82, 2.24) is 5.32 Å². The molecule has 0 saturated carbocycles. The molecule has 0 unspecified atom stereocenters. The molecule has 6 heteroatoms. The number of rotatable bonds is 7. The molecule has 0 aliphatic rings. The second-order valence-corrected chi connectivity index (χ2v) is 8.40. The first-order valence-corrected chi connectivity index (χ1v) is 10.7. The number of carbonyl (C=O) groups excluding carboxylic acids is 1. The molecule has 0 aromatic heterocycles. The summed E-state index contributed by atoms with van der Waals surface area (Å²) in [5.41, 5.74) is 4.73. The number of carboxylic acids is 1. The Morgan fingerprint density at radius 1 is 0.969 bits per heavy atom. The van der Waals surface area contributed by atoms with Gasteiger partial charge in [-0.2, -0.15) is 0 Å². The van der Waals surface area contributed by atoms with Gasteiger partial charge >= 0.3 is 5.97 Å². The van der Waals surface area contributed by atoms with E-state index in [0.717, 1.165) is 22.3 Å². The van der Waals surface area contributed by atoms with Gasteiger partial charge in [0.15, 0.2) is 0 Å². The van der Waals surface area contributed by atoms with Gasteiger partial charge in [0.1, 0.15) is 5.75 Å². The third-order valence-corrected chi connectivity index (χ3v) is 5.35. The Morgan fingerprint density at radius 2 is 1.66 bits per heavy atom. The van der Waals surface area contributed by atoms with E-state index in [0.29, 0.717) is 21.9 Å². The van der Waals surface area contributed by atoms with Crippen LogP contribution >= 0.6 is 11.6 Å². The number of hydrogen-bond donors (Lipinski definition) is 2. The molecule has 0 aliphatic carbocycles. The Morgan fingerprint density at radius 3 is 2.31 bits per heavy atom. The fourth-order valence-electron chi connectivity index (χ4n) is 3.37. The van der Waals surface area contributed by atoms with Crippen molar-refractivity contribution in [1.29, 1.82) is 0 Å². The SMILES string of the molecule is Cc1ccc(C(=O)NCc2cc(-c3ccc(C)c(C(=O)O)c3)ccc2OC(C)C)c(Cl)c1. The smallest absolute Gasteiger partial charge is 0.335 e. The lowest BCUT2D eigenvalue weighted by Crippen LogP contribution is -2.23. The van der Waals surface area contributed by atoms with Gasteiger partial charge in [-0.05, 0) is 80.3 Å². The first kappa shape index (κ1) is 23.4. The zero-order chi connectivity index (χ0) is 23.4. The first-order chi connectivity index (χ1) is 15.2. The number of aryl methyl sites for hydroxylation is 2. The van der Waals surface area contributed by atoms with Crippen LogP contribution in [0.3, 0.4) is 0 Å². The van der Waals surface area contributed by atoms with E-state index in [1.807, 2.05) is 51.1 Å². The number of carbonyl (C=O) groups is 2. The van der Waals surface area contributed by atoms with Gasteiger partial charge in [0.05, 0.1) is 22.3 Å². The van der Waals surface area contributed by atoms with Gasteiger partial charge in [-0.25, -0.2) is 4.79 Å². The lowest BCUT2D eigenvalue weighted by molar-refractivity contribution is 0.0696. The minimum atomic E-state index is -0.966. The Labute approximate surface area is 193 Å². The standard InChI is InChI=1S/C26H26ClNO4/c1-15(2)32-24-10-8-18(19-7-6-17(4)22(13-19)26(30)31)12-20(24)14-28-25(29)21-9-5-16(3)11-23(21)27/h5-13,15H,14H2,1-4H3,(H,28,29)(H,30,31). The summed E-state index contributed by atoms with van der Waals surface area (Å²) in [6.45, 7) is 7.78. The molecule has 3 aromatic rings. The number of halogens is 1. The number of hydrogen-bond acceptors (Lipinski definition) is 3. The van der Waals surface area contributed by atoms with E-state index >= 15 is 0 Å². The molecule has 0 aliphatic heterocycles. The molecular formula is C26H26ClNO4. The minimum absolute atomic E-state index is 0.0418. The molecule has 1 amide bonds. The molecule has 0 fully saturated rings. The lowest BCUT2D eigenvalue weighted by Gasteiger charge is -2.17. The lowest BCUT2D eigenvalue weighted by atomic mass is 9.98. The zero-order valence-corrected chi connectivity index (χ0v) is 19.3. The van der Waals surface area contributed by atoms with Crippen LogP contribution in [-0.2, 0) is 6.54 Å². The highest BCUT2D eigenvalue weighted by atomic mass is 35.5. The number of amides is 1. The van der Waals surface area contributed by atoms with Crippen LogP contribution in [0.25, 0.3) is 11.1 Å². The maximum atomic E-state index is 12.7. The Hall–Kier alpha value is -3.31. The topological polar surface area (TPSA) is 75.6 Å². The molecule has 0 radical (unpaired) electrons. The van der Waals surface area contributed by atoms with Crippen LogP contribution in [0.15, 0.2) is 54.6 Å². The van der Waals surface area contributed by atoms with Crippen LogP contribution in [0.1, 0.15) is 51.3 Å². The van der Waals surface area contributed by atoms with Crippen molar-refractivity contribution in [3.8, 4) is 16.9 Å². The van der Waals surface area contributed by atoms with E-state index in [2.05, 4.69) is 5.32 Å². The van der Waals surface area contributed by atoms with E-state index < -0.39 is 5.97 Å². The van der Waals surface area contributed by atoms with Crippen molar-refractivity contribution in [2.24, 2.45) is 0 Å². The number of carboxylic acid groups (broad SMARTS) is 1. The third-order valence-electron chi connectivity index (χ3n) is 5.03. The van der Waals surface area contributed by atoms with Gasteiger partial charge in [-0.1, -0.05) is 35.9 Å². The van der Waals surface area contributed by atoms with E-state index in [1.54, 1.807) is 31.2 Å². The van der Waals surface area contributed by atoms with Crippen molar-refractivity contribution in [2.75, 3.05) is 0 Å². The van der Waals surface area contributed by atoms with Gasteiger partial charge in [-0.3, -0.25) is 4.79 Å². The molecule has 32 heavy (non-hydrogen) atoms. The minimum Gasteiger partial charge on any atom is -0.491 e. The molecule has 2 N–H and O–H groups in total. The maximum Gasteiger partial charge on any atom is 0.335 e. The molecule has 5 nitrogen and oxygen atoms in total. The fourth-order valence-corrected chi connectivity index (χ4v) is 3.69. The molecule has 0 bridgehead atoms. The molecule has 166 valence electrons. The highest BCUT2D eigenvalue weighted by molar-refractivity contribution is 6.33. The largest absolute Gasteiger partial charge is 0.491 e. The summed E-state index contributed by atoms with van der Waals surface area (Å²) in [4.78, 5) is 24.2. The Balaban J connectivity index is 1.92. The highest BCUT2D eigenvalue weighted by Crippen LogP contribution is 2.29. The number of benzene rings is 3. The van der Waals surface area contributed by atoms with Crippen LogP contribution in [0.2, 0.25) is 5.02 Å². The van der Waals surface area contributed by atoms with Crippen molar-refractivity contribution in [2.45, 2.75) is 40.3 Å². The van der Waals surface area contributed by atoms with Gasteiger partial charge in [0.25, 0.3) is 5.91 Å². The monoisotopic (exact) mass is 451 g/mol. The number of nitrogens with one attached hydrogen (secondary N) is 1. The molecule has 0 atom stereocenters. The summed E-state index contributed by atoms with van der Waals surface area (Å²) in [5, 5.41) is 12.8. The highest BCUT2D eigenvalue weighted by Gasteiger charge is 2.14. The van der Waals surface area contributed by atoms with Crippen molar-refractivity contribution < 1.29 is 19.4 Å². The zero-order valence-electron chi connectivity index (χ0n) is 18.5. The third kappa shape index (κ3) is 5.48. The summed E-state index contributed by atoms with van der Waals surface area (Å²) in [5.74, 6) is -0.587. The molecule has 0 spiro atoms. The number of aromatic carboxylic acids is 1. The summed E-state index contributed by atoms with van der Waals surface area (Å²) in [6.07, 6.45) is -0.0418. The van der Waals surface area contributed by atoms with Crippen LogP contribution in [0.5, 0.6) is 5.75 Å². The molecule has 0 heterocycles. The van der Waals surface area contributed by atoms with Crippen LogP contribution < -0.4 is 10.1 Å². The summed E-state index contributed by atoms with van der Waals surface area (Å²) >= 11 is 6.23. The molecule has 0 saturated heterocycles. The van der Waals surface area contributed by atoms with Crippen LogP contribution in [0, 0.1) is 13.8 Å². The quantitative estimate of drug-likeness (QED) is 0.459. The summed E-state index contributed by atoms with van der Waals surface area (Å²) in [6, 6.07) is 16.3. The van der Waals surface area contributed by atoms with Crippen molar-refractivity contribution in [3.05, 3.63) is 87.4 Å². The van der Waals surface area contributed by atoms with E-state index in [4.69, 9.17) is 16.3 Å². The average molecular weight is 452 g/mol. The van der Waals surface area contributed by atoms with E-state index in [1.165, 1.54) is 0 Å². The van der Waals surface area contributed by atoms with Crippen molar-refractivity contribution >= 4 is 23.5 Å². The van der Waals surface area contributed by atoms with Gasteiger partial charge < -0.3 is 15.2 Å². The maximum absolute atomic E-state index is 12.7. The second kappa shape index (κ2) is 9.88. The van der Waals surface area contributed by atoms with E-state index in [-0.39, 0.29) is 24.1 Å². The summed E-state index contributed by atoms with van der Waals surface area (Å²) in [7, 11) is 0. The van der Waals surface area contributed by atoms with E-state index in [9.17, 15) is 14.7 Å². The van der Waals surface area contributed by atoms with Crippen molar-refractivity contribution in [3.63, 3.8) is 0 Å². The molecule has 3 rings (SSSR count). The van der Waals surface area contributed by atoms with Crippen LogP contribution in [0.4, 0.5) is 0 Å². The predicted molar refractivity (Wildman–Crippen MR) is 127 cm³/mol. The predicted octanol–water partition coefficient (Wildman–Crippen LogP) is 6.04. The second-order valence-electron chi connectivity index (χ2n) is 7.99. The fraction of sp³-hybridized carbons (Fsp3) is 0.231. The average Bonchev–Trinajstić information content (AvgIpc) is 2.72. The normalized spacial score (nSPS) is 10.8. The first-order valence-electron chi connectivity index (χ1n) is 10.3. The van der Waals surface area contributed by atoms with Crippen LogP contribution in [-0.4, -0.2) is 23.1 Å².